The number of para-hydroxylation sites is 1. The van der Waals surface area contributed by atoms with Crippen LogP contribution in [0.1, 0.15) is 13.8 Å². The van der Waals surface area contributed by atoms with Gasteiger partial charge in [0.1, 0.15) is 5.82 Å². The first-order valence-electron chi connectivity index (χ1n) is 11.7. The van der Waals surface area contributed by atoms with Crippen LogP contribution >= 0.6 is 0 Å². The van der Waals surface area contributed by atoms with Crippen molar-refractivity contribution in [2.75, 3.05) is 60.9 Å². The molecular formula is C25H32FN5O3. The van der Waals surface area contributed by atoms with E-state index in [-0.39, 0.29) is 24.7 Å². The molecule has 8 nitrogen and oxygen atoms in total. The zero-order chi connectivity index (χ0) is 24.1. The predicted octanol–water partition coefficient (Wildman–Crippen LogP) is 2.91. The van der Waals surface area contributed by atoms with Crippen LogP contribution in [-0.4, -0.2) is 74.9 Å². The van der Waals surface area contributed by atoms with Gasteiger partial charge in [-0.05, 0) is 44.2 Å². The number of morpholine rings is 1. The second-order valence-electron chi connectivity index (χ2n) is 8.84. The minimum Gasteiger partial charge on any atom is -0.372 e. The molecule has 9 heteroatoms. The van der Waals surface area contributed by atoms with Gasteiger partial charge in [0.15, 0.2) is 0 Å². The molecule has 0 aliphatic carbocycles. The summed E-state index contributed by atoms with van der Waals surface area (Å²) in [5.74, 6) is -0.550. The molecule has 2 unspecified atom stereocenters. The summed E-state index contributed by atoms with van der Waals surface area (Å²) < 4.78 is 20.4. The molecule has 182 valence electrons. The van der Waals surface area contributed by atoms with E-state index in [4.69, 9.17) is 4.74 Å². The lowest BCUT2D eigenvalue weighted by Gasteiger charge is -2.37. The van der Waals surface area contributed by atoms with Crippen LogP contribution in [0.2, 0.25) is 0 Å². The summed E-state index contributed by atoms with van der Waals surface area (Å²) >= 11 is 0. The van der Waals surface area contributed by atoms with Gasteiger partial charge in [0.05, 0.1) is 24.4 Å². The number of nitrogens with zero attached hydrogens (tertiary/aromatic N) is 3. The van der Waals surface area contributed by atoms with Crippen LogP contribution < -0.4 is 20.4 Å². The third kappa shape index (κ3) is 5.96. The molecule has 34 heavy (non-hydrogen) atoms. The number of hydrogen-bond acceptors (Lipinski definition) is 5. The zero-order valence-electron chi connectivity index (χ0n) is 19.7. The van der Waals surface area contributed by atoms with Gasteiger partial charge in [0, 0.05) is 50.6 Å². The fourth-order valence-electron chi connectivity index (χ4n) is 4.51. The van der Waals surface area contributed by atoms with Crippen molar-refractivity contribution in [2.24, 2.45) is 0 Å². The highest BCUT2D eigenvalue weighted by molar-refractivity contribution is 5.92. The number of amides is 3. The maximum Gasteiger partial charge on any atom is 0.319 e. The maximum absolute atomic E-state index is 14.7. The van der Waals surface area contributed by atoms with Gasteiger partial charge in [-0.15, -0.1) is 0 Å². The number of rotatable bonds is 5. The smallest absolute Gasteiger partial charge is 0.319 e. The molecule has 0 saturated carbocycles. The van der Waals surface area contributed by atoms with Crippen LogP contribution in [0.25, 0.3) is 0 Å². The Morgan fingerprint density at radius 1 is 0.971 bits per heavy atom. The molecule has 2 fully saturated rings. The van der Waals surface area contributed by atoms with Gasteiger partial charge in [-0.1, -0.05) is 18.2 Å². The largest absolute Gasteiger partial charge is 0.372 e. The second kappa shape index (κ2) is 10.7. The second-order valence-corrected chi connectivity index (χ2v) is 8.84. The number of hydrogen-bond donors (Lipinski definition) is 2. The molecule has 2 N–H and O–H groups in total. The van der Waals surface area contributed by atoms with E-state index in [0.29, 0.717) is 37.6 Å². The van der Waals surface area contributed by atoms with Crippen LogP contribution in [0.4, 0.5) is 26.2 Å². The summed E-state index contributed by atoms with van der Waals surface area (Å²) in [6.45, 7) is 7.72. The fourth-order valence-corrected chi connectivity index (χ4v) is 4.51. The lowest BCUT2D eigenvalue weighted by Crippen LogP contribution is -2.51. The number of carbonyl (C=O) groups is 2. The normalized spacial score (nSPS) is 20.7. The number of piperazine rings is 1. The van der Waals surface area contributed by atoms with Gasteiger partial charge in [0.2, 0.25) is 5.91 Å². The molecule has 0 bridgehead atoms. The van der Waals surface area contributed by atoms with Gasteiger partial charge in [-0.25, -0.2) is 9.18 Å². The van der Waals surface area contributed by atoms with Crippen molar-refractivity contribution in [1.82, 2.24) is 10.2 Å². The molecule has 0 radical (unpaired) electrons. The van der Waals surface area contributed by atoms with E-state index in [1.807, 2.05) is 36.9 Å². The lowest BCUT2D eigenvalue weighted by atomic mass is 10.2. The first-order valence-corrected chi connectivity index (χ1v) is 11.7. The Balaban J connectivity index is 1.23. The Hall–Kier alpha value is -3.33. The third-order valence-electron chi connectivity index (χ3n) is 6.12. The average molecular weight is 470 g/mol. The van der Waals surface area contributed by atoms with Gasteiger partial charge < -0.3 is 30.1 Å². The molecule has 2 aromatic carbocycles. The SMILES string of the molecule is CC1CN(c2ccc(NC(=O)NCC(=O)N3CCN(c4ccccc4)CC3)cc2F)CC(C)O1. The van der Waals surface area contributed by atoms with Crippen molar-refractivity contribution in [3.05, 3.63) is 54.3 Å². The van der Waals surface area contributed by atoms with E-state index < -0.39 is 11.8 Å². The van der Waals surface area contributed by atoms with Gasteiger partial charge in [0.25, 0.3) is 0 Å². The van der Waals surface area contributed by atoms with Gasteiger partial charge >= 0.3 is 6.03 Å². The summed E-state index contributed by atoms with van der Waals surface area (Å²) in [6.07, 6.45) is 0.0381. The van der Waals surface area contributed by atoms with Crippen molar-refractivity contribution < 1.29 is 18.7 Å². The van der Waals surface area contributed by atoms with Crippen LogP contribution in [0, 0.1) is 5.82 Å². The Kier molecular flexibility index (Phi) is 7.52. The van der Waals surface area contributed by atoms with Crippen LogP contribution in [0.15, 0.2) is 48.5 Å². The quantitative estimate of drug-likeness (QED) is 0.704. The first kappa shape index (κ1) is 23.8. The monoisotopic (exact) mass is 469 g/mol. The topological polar surface area (TPSA) is 77.2 Å². The average Bonchev–Trinajstić information content (AvgIpc) is 2.82. The molecule has 3 amide bonds. The van der Waals surface area contributed by atoms with Crippen molar-refractivity contribution >= 4 is 29.0 Å². The highest BCUT2D eigenvalue weighted by atomic mass is 19.1. The van der Waals surface area contributed by atoms with Crippen molar-refractivity contribution in [3.63, 3.8) is 0 Å². The fraction of sp³-hybridized carbons (Fsp3) is 0.440. The summed E-state index contributed by atoms with van der Waals surface area (Å²) in [6, 6.07) is 14.2. The van der Waals surface area contributed by atoms with Crippen molar-refractivity contribution in [3.8, 4) is 0 Å². The van der Waals surface area contributed by atoms with Gasteiger partial charge in [-0.3, -0.25) is 4.79 Å². The first-order chi connectivity index (χ1) is 16.4. The van der Waals surface area contributed by atoms with Crippen molar-refractivity contribution in [2.45, 2.75) is 26.1 Å². The molecular weight excluding hydrogens is 437 g/mol. The van der Waals surface area contributed by atoms with E-state index in [2.05, 4.69) is 27.7 Å². The zero-order valence-corrected chi connectivity index (χ0v) is 19.7. The van der Waals surface area contributed by atoms with E-state index in [9.17, 15) is 14.0 Å². The Labute approximate surface area is 199 Å². The highest BCUT2D eigenvalue weighted by Gasteiger charge is 2.25. The summed E-state index contributed by atoms with van der Waals surface area (Å²) in [7, 11) is 0. The van der Waals surface area contributed by atoms with Gasteiger partial charge in [-0.2, -0.15) is 0 Å². The van der Waals surface area contributed by atoms with Crippen LogP contribution in [0.3, 0.4) is 0 Å². The summed E-state index contributed by atoms with van der Waals surface area (Å²) in [5, 5.41) is 5.18. The molecule has 2 saturated heterocycles. The van der Waals surface area contributed by atoms with Crippen molar-refractivity contribution in [1.29, 1.82) is 0 Å². The number of benzene rings is 2. The van der Waals surface area contributed by atoms with E-state index in [1.165, 1.54) is 6.07 Å². The lowest BCUT2D eigenvalue weighted by molar-refractivity contribution is -0.130. The Bertz CT molecular complexity index is 987. The molecule has 0 spiro atoms. The minimum absolute atomic E-state index is 0.0191. The number of nitrogens with one attached hydrogen (secondary N) is 2. The standard InChI is InChI=1S/C25H32FN5O3/c1-18-16-31(17-19(2)34-18)23-9-8-20(14-22(23)26)28-25(33)27-15-24(32)30-12-10-29(11-13-30)21-6-4-3-5-7-21/h3-9,14,18-19H,10-13,15-17H2,1-2H3,(H2,27,28,33). The number of halogens is 1. The molecule has 2 heterocycles. The van der Waals surface area contributed by atoms with E-state index >= 15 is 0 Å². The predicted molar refractivity (Wildman–Crippen MR) is 131 cm³/mol. The minimum atomic E-state index is -0.544. The molecule has 2 aliphatic rings. The number of carbonyl (C=O) groups excluding carboxylic acids is 2. The molecule has 4 rings (SSSR count). The summed E-state index contributed by atoms with van der Waals surface area (Å²) in [4.78, 5) is 30.7. The van der Waals surface area contributed by atoms with E-state index in [1.54, 1.807) is 17.0 Å². The van der Waals surface area contributed by atoms with Crippen LogP contribution in [-0.2, 0) is 9.53 Å². The molecule has 0 aromatic heterocycles. The number of ether oxygens (including phenoxy) is 1. The highest BCUT2D eigenvalue weighted by Crippen LogP contribution is 2.26. The van der Waals surface area contributed by atoms with Crippen LogP contribution in [0.5, 0.6) is 0 Å². The summed E-state index contributed by atoms with van der Waals surface area (Å²) in [5.41, 5.74) is 1.96. The maximum atomic E-state index is 14.7. The Morgan fingerprint density at radius 3 is 2.29 bits per heavy atom. The molecule has 2 aliphatic heterocycles. The third-order valence-corrected chi connectivity index (χ3v) is 6.12. The number of anilines is 3. The molecule has 2 aromatic rings. The molecule has 2 atom stereocenters. The van der Waals surface area contributed by atoms with E-state index in [0.717, 1.165) is 18.8 Å². The Morgan fingerprint density at radius 2 is 1.65 bits per heavy atom. The number of urea groups is 1.